The van der Waals surface area contributed by atoms with Crippen molar-refractivity contribution in [1.82, 2.24) is 4.98 Å². The van der Waals surface area contributed by atoms with E-state index in [9.17, 15) is 10.1 Å². The molecule has 0 atom stereocenters. The van der Waals surface area contributed by atoms with Crippen LogP contribution in [0.4, 0.5) is 5.69 Å². The number of nitro benzene ring substituents is 1. The molecule has 5 nitrogen and oxygen atoms in total. The first kappa shape index (κ1) is 13.5. The van der Waals surface area contributed by atoms with E-state index in [1.165, 1.54) is 6.07 Å². The number of ether oxygens (including phenoxy) is 1. The number of hydrogen-bond acceptors (Lipinski definition) is 4. The molecule has 2 aromatic rings. The van der Waals surface area contributed by atoms with Gasteiger partial charge in [-0.2, -0.15) is 0 Å². The third-order valence-corrected chi connectivity index (χ3v) is 3.60. The third kappa shape index (κ3) is 2.73. The van der Waals surface area contributed by atoms with Crippen molar-refractivity contribution in [2.75, 3.05) is 0 Å². The highest BCUT2D eigenvalue weighted by atomic mass is 79.9. The van der Waals surface area contributed by atoms with Gasteiger partial charge in [-0.3, -0.25) is 10.1 Å². The Bertz CT molecular complexity index is 644. The smallest absolute Gasteiger partial charge is 0.311 e. The van der Waals surface area contributed by atoms with Gasteiger partial charge in [0, 0.05) is 12.3 Å². The Morgan fingerprint density at radius 3 is 2.68 bits per heavy atom. The maximum Gasteiger partial charge on any atom is 0.311 e. The lowest BCUT2D eigenvalue weighted by molar-refractivity contribution is -0.385. The number of rotatable bonds is 3. The van der Waals surface area contributed by atoms with Gasteiger partial charge >= 0.3 is 5.69 Å². The molecular weight excluding hydrogens is 312 g/mol. The van der Waals surface area contributed by atoms with E-state index in [1.54, 1.807) is 25.3 Å². The second kappa shape index (κ2) is 5.36. The lowest BCUT2D eigenvalue weighted by Crippen LogP contribution is -1.97. The summed E-state index contributed by atoms with van der Waals surface area (Å²) in [7, 11) is 0. The van der Waals surface area contributed by atoms with Gasteiger partial charge in [-0.05, 0) is 47.0 Å². The van der Waals surface area contributed by atoms with E-state index in [0.29, 0.717) is 15.9 Å². The average Bonchev–Trinajstić information content (AvgIpc) is 2.36. The highest BCUT2D eigenvalue weighted by Gasteiger charge is 2.19. The predicted molar refractivity (Wildman–Crippen MR) is 74.6 cm³/mol. The maximum atomic E-state index is 11.0. The highest BCUT2D eigenvalue weighted by Crippen LogP contribution is 2.36. The molecule has 2 rings (SSSR count). The van der Waals surface area contributed by atoms with Crippen molar-refractivity contribution in [2.45, 2.75) is 13.8 Å². The Hall–Kier alpha value is -1.95. The van der Waals surface area contributed by atoms with Gasteiger partial charge in [-0.15, -0.1) is 0 Å². The summed E-state index contributed by atoms with van der Waals surface area (Å²) >= 11 is 3.37. The number of aromatic nitrogens is 1. The van der Waals surface area contributed by atoms with Crippen molar-refractivity contribution in [3.05, 3.63) is 56.2 Å². The van der Waals surface area contributed by atoms with Crippen molar-refractivity contribution in [3.8, 4) is 11.6 Å². The second-order valence-electron chi connectivity index (χ2n) is 4.03. The van der Waals surface area contributed by atoms with E-state index in [-0.39, 0.29) is 11.4 Å². The van der Waals surface area contributed by atoms with Crippen LogP contribution in [0.3, 0.4) is 0 Å². The van der Waals surface area contributed by atoms with Crippen LogP contribution < -0.4 is 4.74 Å². The van der Waals surface area contributed by atoms with Crippen LogP contribution in [0.5, 0.6) is 11.6 Å². The normalized spacial score (nSPS) is 10.3. The van der Waals surface area contributed by atoms with E-state index in [4.69, 9.17) is 4.74 Å². The second-order valence-corrected chi connectivity index (χ2v) is 4.82. The standard InChI is InChI=1S/C13H11BrN2O3/c1-8-6-7-15-13(11(8)14)19-12-9(2)4-3-5-10(12)16(17)18/h3-7H,1-2H3. The van der Waals surface area contributed by atoms with Crippen LogP contribution in [-0.4, -0.2) is 9.91 Å². The van der Waals surface area contributed by atoms with Crippen LogP contribution in [0.2, 0.25) is 0 Å². The summed E-state index contributed by atoms with van der Waals surface area (Å²) in [5.74, 6) is 0.531. The molecule has 98 valence electrons. The van der Waals surface area contributed by atoms with E-state index >= 15 is 0 Å². The lowest BCUT2D eigenvalue weighted by Gasteiger charge is -2.10. The molecule has 0 unspecified atom stereocenters. The van der Waals surface area contributed by atoms with Crippen molar-refractivity contribution in [1.29, 1.82) is 0 Å². The fourth-order valence-corrected chi connectivity index (χ4v) is 1.91. The molecule has 0 N–H and O–H groups in total. The summed E-state index contributed by atoms with van der Waals surface area (Å²) in [6, 6.07) is 6.61. The molecule has 0 aliphatic heterocycles. The fraction of sp³-hybridized carbons (Fsp3) is 0.154. The summed E-state index contributed by atoms with van der Waals surface area (Å²) in [6.45, 7) is 3.65. The summed E-state index contributed by atoms with van der Waals surface area (Å²) < 4.78 is 6.30. The minimum atomic E-state index is -0.466. The Morgan fingerprint density at radius 2 is 2.00 bits per heavy atom. The zero-order valence-corrected chi connectivity index (χ0v) is 12.0. The molecule has 1 aromatic carbocycles. The number of halogens is 1. The van der Waals surface area contributed by atoms with Gasteiger partial charge in [0.15, 0.2) is 0 Å². The maximum absolute atomic E-state index is 11.0. The molecule has 0 aliphatic rings. The molecular formula is C13H11BrN2O3. The SMILES string of the molecule is Cc1ccnc(Oc2c(C)cccc2[N+](=O)[O-])c1Br. The molecule has 0 saturated heterocycles. The average molecular weight is 323 g/mol. The molecule has 6 heteroatoms. The zero-order valence-electron chi connectivity index (χ0n) is 10.4. The van der Waals surface area contributed by atoms with Crippen molar-refractivity contribution in [2.24, 2.45) is 0 Å². The van der Waals surface area contributed by atoms with E-state index < -0.39 is 4.92 Å². The first-order valence-corrected chi connectivity index (χ1v) is 6.33. The quantitative estimate of drug-likeness (QED) is 0.628. The van der Waals surface area contributed by atoms with Crippen LogP contribution in [0, 0.1) is 24.0 Å². The van der Waals surface area contributed by atoms with Crippen LogP contribution in [0.15, 0.2) is 34.9 Å². The Morgan fingerprint density at radius 1 is 1.26 bits per heavy atom. The minimum absolute atomic E-state index is 0.0739. The largest absolute Gasteiger partial charge is 0.430 e. The monoisotopic (exact) mass is 322 g/mol. The summed E-state index contributed by atoms with van der Waals surface area (Å²) in [5.41, 5.74) is 1.56. The molecule has 1 heterocycles. The Balaban J connectivity index is 2.49. The molecule has 1 aromatic heterocycles. The van der Waals surface area contributed by atoms with Crippen molar-refractivity contribution >= 4 is 21.6 Å². The van der Waals surface area contributed by atoms with Crippen LogP contribution in [0.1, 0.15) is 11.1 Å². The summed E-state index contributed by atoms with van der Waals surface area (Å²) in [4.78, 5) is 14.6. The van der Waals surface area contributed by atoms with Gasteiger partial charge in [0.1, 0.15) is 0 Å². The Labute approximate surface area is 118 Å². The number of pyridine rings is 1. The van der Waals surface area contributed by atoms with E-state index in [1.807, 2.05) is 13.0 Å². The first-order valence-electron chi connectivity index (χ1n) is 5.53. The van der Waals surface area contributed by atoms with E-state index in [0.717, 1.165) is 5.56 Å². The molecule has 19 heavy (non-hydrogen) atoms. The van der Waals surface area contributed by atoms with Gasteiger partial charge in [-0.25, -0.2) is 4.98 Å². The minimum Gasteiger partial charge on any atom is -0.430 e. The third-order valence-electron chi connectivity index (χ3n) is 2.64. The summed E-state index contributed by atoms with van der Waals surface area (Å²) in [5, 5.41) is 11.0. The predicted octanol–water partition coefficient (Wildman–Crippen LogP) is 4.16. The highest BCUT2D eigenvalue weighted by molar-refractivity contribution is 9.10. The van der Waals surface area contributed by atoms with Gasteiger partial charge in [0.25, 0.3) is 0 Å². The molecule has 0 spiro atoms. The number of benzene rings is 1. The number of nitro groups is 1. The molecule has 0 bridgehead atoms. The Kier molecular flexibility index (Phi) is 3.80. The molecule has 0 saturated carbocycles. The summed E-state index contributed by atoms with van der Waals surface area (Å²) in [6.07, 6.45) is 1.60. The number of aryl methyl sites for hydroxylation is 2. The molecule has 0 aliphatic carbocycles. The van der Waals surface area contributed by atoms with Crippen molar-refractivity contribution in [3.63, 3.8) is 0 Å². The number of nitrogens with zero attached hydrogens (tertiary/aromatic N) is 2. The molecule has 0 radical (unpaired) electrons. The van der Waals surface area contributed by atoms with Gasteiger partial charge in [0.05, 0.1) is 9.40 Å². The van der Waals surface area contributed by atoms with Crippen LogP contribution in [-0.2, 0) is 0 Å². The lowest BCUT2D eigenvalue weighted by atomic mass is 10.2. The number of para-hydroxylation sites is 1. The topological polar surface area (TPSA) is 65.3 Å². The molecule has 0 amide bonds. The van der Waals surface area contributed by atoms with E-state index in [2.05, 4.69) is 20.9 Å². The van der Waals surface area contributed by atoms with Gasteiger partial charge in [0.2, 0.25) is 11.6 Å². The molecule has 0 fully saturated rings. The van der Waals surface area contributed by atoms with Crippen molar-refractivity contribution < 1.29 is 9.66 Å². The first-order chi connectivity index (χ1) is 9.00. The fourth-order valence-electron chi connectivity index (χ4n) is 1.60. The van der Waals surface area contributed by atoms with Gasteiger partial charge in [-0.1, -0.05) is 12.1 Å². The zero-order chi connectivity index (χ0) is 14.0. The van der Waals surface area contributed by atoms with Gasteiger partial charge < -0.3 is 4.74 Å². The van der Waals surface area contributed by atoms with Crippen LogP contribution in [0.25, 0.3) is 0 Å². The number of hydrogen-bond donors (Lipinski definition) is 0. The van der Waals surface area contributed by atoms with Crippen LogP contribution >= 0.6 is 15.9 Å².